The van der Waals surface area contributed by atoms with Crippen LogP contribution in [0.5, 0.6) is 0 Å². The van der Waals surface area contributed by atoms with E-state index >= 15 is 0 Å². The van der Waals surface area contributed by atoms with Gasteiger partial charge in [0.1, 0.15) is 0 Å². The summed E-state index contributed by atoms with van der Waals surface area (Å²) in [6.07, 6.45) is 4.33. The van der Waals surface area contributed by atoms with E-state index in [0.29, 0.717) is 6.42 Å². The fraction of sp³-hybridized carbons (Fsp3) is 0.500. The SMILES string of the molecule is Cn1cc(CNCCC#N)cn1. The van der Waals surface area contributed by atoms with E-state index in [-0.39, 0.29) is 0 Å². The third-order valence-electron chi connectivity index (χ3n) is 1.50. The Morgan fingerprint density at radius 1 is 1.75 bits per heavy atom. The van der Waals surface area contributed by atoms with Crippen molar-refractivity contribution in [3.05, 3.63) is 18.0 Å². The van der Waals surface area contributed by atoms with Gasteiger partial charge in [-0.05, 0) is 0 Å². The molecule has 4 nitrogen and oxygen atoms in total. The topological polar surface area (TPSA) is 53.6 Å². The van der Waals surface area contributed by atoms with Gasteiger partial charge < -0.3 is 5.32 Å². The zero-order chi connectivity index (χ0) is 8.81. The standard InChI is InChI=1S/C8H12N4/c1-12-7-8(6-11-12)5-10-4-2-3-9/h6-7,10H,2,4-5H2,1H3. The molecule has 0 bridgehead atoms. The quantitative estimate of drug-likeness (QED) is 0.656. The highest BCUT2D eigenvalue weighted by Gasteiger charge is 1.93. The van der Waals surface area contributed by atoms with E-state index in [0.717, 1.165) is 18.7 Å². The lowest BCUT2D eigenvalue weighted by molar-refractivity contribution is 0.697. The van der Waals surface area contributed by atoms with Gasteiger partial charge in [-0.2, -0.15) is 10.4 Å². The highest BCUT2D eigenvalue weighted by molar-refractivity contribution is 5.02. The van der Waals surface area contributed by atoms with E-state index < -0.39 is 0 Å². The van der Waals surface area contributed by atoms with Crippen LogP contribution in [0.4, 0.5) is 0 Å². The zero-order valence-corrected chi connectivity index (χ0v) is 7.12. The predicted molar refractivity (Wildman–Crippen MR) is 45.1 cm³/mol. The first-order valence-electron chi connectivity index (χ1n) is 3.88. The molecule has 0 aliphatic carbocycles. The minimum Gasteiger partial charge on any atom is -0.312 e. The van der Waals surface area contributed by atoms with Gasteiger partial charge in [0.2, 0.25) is 0 Å². The van der Waals surface area contributed by atoms with Crippen molar-refractivity contribution in [3.63, 3.8) is 0 Å². The maximum Gasteiger partial charge on any atom is 0.0635 e. The maximum atomic E-state index is 8.26. The number of aromatic nitrogens is 2. The minimum absolute atomic E-state index is 0.556. The van der Waals surface area contributed by atoms with Crippen LogP contribution in [0.15, 0.2) is 12.4 Å². The van der Waals surface area contributed by atoms with E-state index in [4.69, 9.17) is 5.26 Å². The molecule has 0 saturated carbocycles. The molecule has 1 N–H and O–H groups in total. The Kier molecular flexibility index (Phi) is 3.30. The lowest BCUT2D eigenvalue weighted by Crippen LogP contribution is -2.13. The van der Waals surface area contributed by atoms with Crippen LogP contribution >= 0.6 is 0 Å². The molecule has 64 valence electrons. The second kappa shape index (κ2) is 4.52. The van der Waals surface area contributed by atoms with E-state index in [1.807, 2.05) is 19.4 Å². The van der Waals surface area contributed by atoms with E-state index in [9.17, 15) is 0 Å². The summed E-state index contributed by atoms with van der Waals surface area (Å²) in [5, 5.41) is 15.4. The Balaban J connectivity index is 2.21. The zero-order valence-electron chi connectivity index (χ0n) is 7.12. The van der Waals surface area contributed by atoms with Crippen LogP contribution in [0.3, 0.4) is 0 Å². The van der Waals surface area contributed by atoms with Crippen LogP contribution in [0.1, 0.15) is 12.0 Å². The molecule has 0 aliphatic heterocycles. The molecule has 0 aromatic carbocycles. The van der Waals surface area contributed by atoms with Crippen LogP contribution in [0.25, 0.3) is 0 Å². The summed E-state index contributed by atoms with van der Waals surface area (Å²) in [6.45, 7) is 1.53. The molecule has 0 unspecified atom stereocenters. The first-order valence-corrected chi connectivity index (χ1v) is 3.88. The largest absolute Gasteiger partial charge is 0.312 e. The van der Waals surface area contributed by atoms with Crippen LogP contribution in [0.2, 0.25) is 0 Å². The van der Waals surface area contributed by atoms with Gasteiger partial charge in [-0.1, -0.05) is 0 Å². The highest BCUT2D eigenvalue weighted by atomic mass is 15.2. The lowest BCUT2D eigenvalue weighted by Gasteiger charge is -1.96. The molecule has 0 spiro atoms. The predicted octanol–water partition coefficient (Wildman–Crippen LogP) is 0.423. The van der Waals surface area contributed by atoms with Crippen molar-refractivity contribution in [2.45, 2.75) is 13.0 Å². The molecule has 0 radical (unpaired) electrons. The number of hydrogen-bond acceptors (Lipinski definition) is 3. The van der Waals surface area contributed by atoms with Gasteiger partial charge in [0.05, 0.1) is 12.3 Å². The molecule has 0 aliphatic rings. The van der Waals surface area contributed by atoms with Crippen LogP contribution < -0.4 is 5.32 Å². The first-order chi connectivity index (χ1) is 5.83. The average molecular weight is 164 g/mol. The maximum absolute atomic E-state index is 8.26. The Labute approximate surface area is 71.8 Å². The number of hydrogen-bond donors (Lipinski definition) is 1. The highest BCUT2D eigenvalue weighted by Crippen LogP contribution is 1.94. The molecule has 1 aromatic rings. The first kappa shape index (κ1) is 8.75. The lowest BCUT2D eigenvalue weighted by atomic mass is 10.3. The van der Waals surface area contributed by atoms with Gasteiger partial charge in [0.25, 0.3) is 0 Å². The molecular weight excluding hydrogens is 152 g/mol. The van der Waals surface area contributed by atoms with Gasteiger partial charge in [-0.25, -0.2) is 0 Å². The van der Waals surface area contributed by atoms with Crippen LogP contribution in [-0.2, 0) is 13.6 Å². The third kappa shape index (κ3) is 2.72. The molecule has 4 heteroatoms. The van der Waals surface area contributed by atoms with E-state index in [1.54, 1.807) is 4.68 Å². The van der Waals surface area contributed by atoms with Crippen molar-refractivity contribution in [1.82, 2.24) is 15.1 Å². The summed E-state index contributed by atoms with van der Waals surface area (Å²) in [4.78, 5) is 0. The molecule has 0 atom stereocenters. The summed E-state index contributed by atoms with van der Waals surface area (Å²) in [7, 11) is 1.89. The molecule has 0 saturated heterocycles. The number of nitrogens with one attached hydrogen (secondary N) is 1. The summed E-state index contributed by atoms with van der Waals surface area (Å²) >= 11 is 0. The molecular formula is C8H12N4. The number of rotatable bonds is 4. The van der Waals surface area contributed by atoms with Crippen LogP contribution in [-0.4, -0.2) is 16.3 Å². The Morgan fingerprint density at radius 2 is 2.58 bits per heavy atom. The Morgan fingerprint density at radius 3 is 3.17 bits per heavy atom. The summed E-state index contributed by atoms with van der Waals surface area (Å²) in [5.41, 5.74) is 1.15. The summed E-state index contributed by atoms with van der Waals surface area (Å²) in [5.74, 6) is 0. The van der Waals surface area contributed by atoms with Gasteiger partial charge in [-0.3, -0.25) is 4.68 Å². The molecule has 1 aromatic heterocycles. The molecule has 0 amide bonds. The average Bonchev–Trinajstić information content (AvgIpc) is 2.45. The molecule has 12 heavy (non-hydrogen) atoms. The van der Waals surface area contributed by atoms with E-state index in [2.05, 4.69) is 16.5 Å². The summed E-state index contributed by atoms with van der Waals surface area (Å²) in [6, 6.07) is 2.08. The smallest absolute Gasteiger partial charge is 0.0635 e. The van der Waals surface area contributed by atoms with E-state index in [1.165, 1.54) is 0 Å². The summed E-state index contributed by atoms with van der Waals surface area (Å²) < 4.78 is 1.77. The number of nitrogens with zero attached hydrogens (tertiary/aromatic N) is 3. The molecule has 1 rings (SSSR count). The van der Waals surface area contributed by atoms with Crippen molar-refractivity contribution < 1.29 is 0 Å². The van der Waals surface area contributed by atoms with Gasteiger partial charge >= 0.3 is 0 Å². The van der Waals surface area contributed by atoms with Crippen LogP contribution in [0, 0.1) is 11.3 Å². The fourth-order valence-corrected chi connectivity index (χ4v) is 0.940. The molecule has 0 fully saturated rings. The van der Waals surface area contributed by atoms with Crippen molar-refractivity contribution in [1.29, 1.82) is 5.26 Å². The Hall–Kier alpha value is -1.34. The number of aryl methyl sites for hydroxylation is 1. The van der Waals surface area contributed by atoms with Gasteiger partial charge in [-0.15, -0.1) is 0 Å². The van der Waals surface area contributed by atoms with Gasteiger partial charge in [0.15, 0.2) is 0 Å². The fourth-order valence-electron chi connectivity index (χ4n) is 0.940. The number of nitriles is 1. The van der Waals surface area contributed by atoms with Crippen molar-refractivity contribution in [3.8, 4) is 6.07 Å². The monoisotopic (exact) mass is 164 g/mol. The van der Waals surface area contributed by atoms with Crippen molar-refractivity contribution in [2.75, 3.05) is 6.54 Å². The van der Waals surface area contributed by atoms with Crippen molar-refractivity contribution >= 4 is 0 Å². The third-order valence-corrected chi connectivity index (χ3v) is 1.50. The van der Waals surface area contributed by atoms with Gasteiger partial charge in [0, 0.05) is 38.3 Å². The Bertz CT molecular complexity index is 271. The second-order valence-corrected chi connectivity index (χ2v) is 2.61. The minimum atomic E-state index is 0.556. The second-order valence-electron chi connectivity index (χ2n) is 2.61. The van der Waals surface area contributed by atoms with Crippen molar-refractivity contribution in [2.24, 2.45) is 7.05 Å². The normalized spacial score (nSPS) is 9.67. The molecule has 1 heterocycles.